The van der Waals surface area contributed by atoms with Gasteiger partial charge in [0.15, 0.2) is 0 Å². The van der Waals surface area contributed by atoms with Crippen molar-refractivity contribution in [2.75, 3.05) is 7.11 Å². The molecule has 0 radical (unpaired) electrons. The Balaban J connectivity index is 2.50. The summed E-state index contributed by atoms with van der Waals surface area (Å²) in [5, 5.41) is 0. The second-order valence-corrected chi connectivity index (χ2v) is 5.24. The molecule has 0 aromatic heterocycles. The highest BCUT2D eigenvalue weighted by atomic mass is 16.5. The van der Waals surface area contributed by atoms with E-state index in [0.717, 1.165) is 6.42 Å². The van der Waals surface area contributed by atoms with Crippen LogP contribution in [-0.2, 0) is 10.2 Å². The molecule has 82 valence electrons. The first-order valence-corrected chi connectivity index (χ1v) is 5.68. The van der Waals surface area contributed by atoms with Crippen molar-refractivity contribution in [3.8, 4) is 0 Å². The van der Waals surface area contributed by atoms with E-state index in [4.69, 9.17) is 4.74 Å². The Hall–Kier alpha value is -0.820. The molecular weight excluding hydrogens is 184 g/mol. The molecule has 1 heteroatoms. The van der Waals surface area contributed by atoms with E-state index in [2.05, 4.69) is 45.0 Å². The van der Waals surface area contributed by atoms with Crippen LogP contribution in [0.15, 0.2) is 24.3 Å². The zero-order valence-corrected chi connectivity index (χ0v) is 10.1. The molecule has 0 N–H and O–H groups in total. The van der Waals surface area contributed by atoms with Crippen molar-refractivity contribution < 1.29 is 4.74 Å². The summed E-state index contributed by atoms with van der Waals surface area (Å²) in [5.41, 5.74) is 3.19. The SMILES string of the molecule is CO[C@H]1CC(C)(C)c2ccccc2[C@H]1C. The number of hydrogen-bond donors (Lipinski definition) is 0. The van der Waals surface area contributed by atoms with Crippen molar-refractivity contribution in [2.24, 2.45) is 0 Å². The standard InChI is InChI=1S/C14H20O/c1-10-11-7-5-6-8-12(11)14(2,3)9-13(10)15-4/h5-8,10,13H,9H2,1-4H3/t10-,13+/m1/s1. The number of rotatable bonds is 1. The highest BCUT2D eigenvalue weighted by molar-refractivity contribution is 5.39. The van der Waals surface area contributed by atoms with E-state index in [1.807, 2.05) is 7.11 Å². The molecule has 0 spiro atoms. The third-order valence-electron chi connectivity index (χ3n) is 3.75. The molecule has 0 amide bonds. The Morgan fingerprint density at radius 3 is 2.60 bits per heavy atom. The van der Waals surface area contributed by atoms with Gasteiger partial charge in [-0.25, -0.2) is 0 Å². The third kappa shape index (κ3) is 1.69. The molecule has 0 saturated heterocycles. The minimum absolute atomic E-state index is 0.240. The first-order chi connectivity index (χ1) is 7.06. The second-order valence-electron chi connectivity index (χ2n) is 5.24. The summed E-state index contributed by atoms with van der Waals surface area (Å²) in [6, 6.07) is 8.77. The molecule has 0 bridgehead atoms. The zero-order chi connectivity index (χ0) is 11.1. The molecule has 0 heterocycles. The Morgan fingerprint density at radius 1 is 1.27 bits per heavy atom. The Morgan fingerprint density at radius 2 is 1.93 bits per heavy atom. The number of benzene rings is 1. The third-order valence-corrected chi connectivity index (χ3v) is 3.75. The summed E-state index contributed by atoms with van der Waals surface area (Å²) in [7, 11) is 1.82. The van der Waals surface area contributed by atoms with E-state index in [1.54, 1.807) is 0 Å². The van der Waals surface area contributed by atoms with Crippen molar-refractivity contribution in [1.29, 1.82) is 0 Å². The van der Waals surface area contributed by atoms with Crippen molar-refractivity contribution in [3.05, 3.63) is 35.4 Å². The molecule has 0 saturated carbocycles. The zero-order valence-electron chi connectivity index (χ0n) is 10.1. The maximum atomic E-state index is 5.60. The molecule has 0 fully saturated rings. The lowest BCUT2D eigenvalue weighted by atomic mass is 9.68. The summed E-state index contributed by atoms with van der Waals surface area (Å²) < 4.78 is 5.60. The van der Waals surface area contributed by atoms with E-state index >= 15 is 0 Å². The van der Waals surface area contributed by atoms with Crippen LogP contribution >= 0.6 is 0 Å². The lowest BCUT2D eigenvalue weighted by molar-refractivity contribution is 0.0510. The quantitative estimate of drug-likeness (QED) is 0.680. The van der Waals surface area contributed by atoms with Crippen LogP contribution in [0.25, 0.3) is 0 Å². The maximum Gasteiger partial charge on any atom is 0.0645 e. The van der Waals surface area contributed by atoms with Crippen LogP contribution in [0.5, 0.6) is 0 Å². The van der Waals surface area contributed by atoms with E-state index < -0.39 is 0 Å². The number of fused-ring (bicyclic) bond motifs is 1. The fraction of sp³-hybridized carbons (Fsp3) is 0.571. The van der Waals surface area contributed by atoms with Gasteiger partial charge >= 0.3 is 0 Å². The lowest BCUT2D eigenvalue weighted by Crippen LogP contribution is -2.36. The summed E-state index contributed by atoms with van der Waals surface area (Å²) in [4.78, 5) is 0. The van der Waals surface area contributed by atoms with E-state index in [0.29, 0.717) is 12.0 Å². The van der Waals surface area contributed by atoms with Gasteiger partial charge in [-0.2, -0.15) is 0 Å². The van der Waals surface area contributed by atoms with Crippen LogP contribution < -0.4 is 0 Å². The number of hydrogen-bond acceptors (Lipinski definition) is 1. The molecule has 1 aromatic rings. The van der Waals surface area contributed by atoms with Crippen LogP contribution in [-0.4, -0.2) is 13.2 Å². The molecule has 1 aliphatic carbocycles. The number of methoxy groups -OCH3 is 1. The molecule has 1 aliphatic rings. The topological polar surface area (TPSA) is 9.23 Å². The smallest absolute Gasteiger partial charge is 0.0645 e. The van der Waals surface area contributed by atoms with Gasteiger partial charge in [0.1, 0.15) is 0 Å². The maximum absolute atomic E-state index is 5.60. The number of ether oxygens (including phenoxy) is 1. The van der Waals surface area contributed by atoms with Gasteiger partial charge in [0.05, 0.1) is 6.10 Å². The van der Waals surface area contributed by atoms with Crippen LogP contribution in [0, 0.1) is 0 Å². The highest BCUT2D eigenvalue weighted by Crippen LogP contribution is 2.43. The normalized spacial score (nSPS) is 28.5. The van der Waals surface area contributed by atoms with Gasteiger partial charge in [-0.3, -0.25) is 0 Å². The van der Waals surface area contributed by atoms with Crippen LogP contribution in [0.3, 0.4) is 0 Å². The van der Waals surface area contributed by atoms with Crippen molar-refractivity contribution in [1.82, 2.24) is 0 Å². The molecule has 2 rings (SSSR count). The first-order valence-electron chi connectivity index (χ1n) is 5.68. The summed E-state index contributed by atoms with van der Waals surface area (Å²) >= 11 is 0. The van der Waals surface area contributed by atoms with Gasteiger partial charge in [-0.15, -0.1) is 0 Å². The fourth-order valence-corrected chi connectivity index (χ4v) is 2.79. The van der Waals surface area contributed by atoms with Gasteiger partial charge in [0.2, 0.25) is 0 Å². The minimum atomic E-state index is 0.240. The molecule has 1 nitrogen and oxygen atoms in total. The van der Waals surface area contributed by atoms with Crippen LogP contribution in [0.2, 0.25) is 0 Å². The van der Waals surface area contributed by atoms with Crippen LogP contribution in [0.1, 0.15) is 44.2 Å². The molecule has 15 heavy (non-hydrogen) atoms. The molecule has 0 aliphatic heterocycles. The second kappa shape index (κ2) is 3.64. The molecule has 2 atom stereocenters. The van der Waals surface area contributed by atoms with Crippen molar-refractivity contribution in [2.45, 2.75) is 44.6 Å². The average molecular weight is 204 g/mol. The van der Waals surface area contributed by atoms with Gasteiger partial charge in [-0.1, -0.05) is 45.0 Å². The summed E-state index contributed by atoms with van der Waals surface area (Å²) in [6.45, 7) is 6.88. The van der Waals surface area contributed by atoms with Crippen molar-refractivity contribution in [3.63, 3.8) is 0 Å². The van der Waals surface area contributed by atoms with E-state index in [9.17, 15) is 0 Å². The lowest BCUT2D eigenvalue weighted by Gasteiger charge is -2.40. The monoisotopic (exact) mass is 204 g/mol. The molecule has 0 unspecified atom stereocenters. The first kappa shape index (κ1) is 10.7. The van der Waals surface area contributed by atoms with Gasteiger partial charge in [0, 0.05) is 13.0 Å². The average Bonchev–Trinajstić information content (AvgIpc) is 2.24. The van der Waals surface area contributed by atoms with Gasteiger partial charge < -0.3 is 4.74 Å². The van der Waals surface area contributed by atoms with Crippen molar-refractivity contribution >= 4 is 0 Å². The predicted molar refractivity (Wildman–Crippen MR) is 63.3 cm³/mol. The molecule has 1 aromatic carbocycles. The van der Waals surface area contributed by atoms with Gasteiger partial charge in [0.25, 0.3) is 0 Å². The molecular formula is C14H20O. The van der Waals surface area contributed by atoms with Crippen LogP contribution in [0.4, 0.5) is 0 Å². The fourth-order valence-electron chi connectivity index (χ4n) is 2.79. The predicted octanol–water partition coefficient (Wildman–Crippen LogP) is 3.49. The Labute approximate surface area is 92.5 Å². The van der Waals surface area contributed by atoms with E-state index in [-0.39, 0.29) is 5.41 Å². The summed E-state index contributed by atoms with van der Waals surface area (Å²) in [5.74, 6) is 0.513. The summed E-state index contributed by atoms with van der Waals surface area (Å²) in [6.07, 6.45) is 1.47. The van der Waals surface area contributed by atoms with E-state index in [1.165, 1.54) is 11.1 Å². The Bertz CT molecular complexity index is 354. The Kier molecular flexibility index (Phi) is 2.59. The largest absolute Gasteiger partial charge is 0.381 e. The minimum Gasteiger partial charge on any atom is -0.381 e. The van der Waals surface area contributed by atoms with Gasteiger partial charge in [-0.05, 0) is 23.0 Å². The highest BCUT2D eigenvalue weighted by Gasteiger charge is 2.36.